The molecular weight excluding hydrogens is 435 g/mol. The number of pyridine rings is 2. The number of amides is 1. The second-order valence-electron chi connectivity index (χ2n) is 8.75. The van der Waals surface area contributed by atoms with Gasteiger partial charge in [0.2, 0.25) is 0 Å². The quantitative estimate of drug-likeness (QED) is 0.459. The number of piperazine rings is 1. The van der Waals surface area contributed by atoms with Crippen molar-refractivity contribution < 1.29 is 4.79 Å². The Bertz CT molecular complexity index is 1380. The predicted molar refractivity (Wildman–Crippen MR) is 140 cm³/mol. The van der Waals surface area contributed by atoms with Crippen molar-refractivity contribution in [2.75, 3.05) is 36.4 Å². The number of fused-ring (bicyclic) bond motifs is 1. The molecule has 1 saturated heterocycles. The van der Waals surface area contributed by atoms with Crippen LogP contribution >= 0.6 is 0 Å². The number of carbonyl (C=O) groups is 1. The summed E-state index contributed by atoms with van der Waals surface area (Å²) in [4.78, 5) is 25.7. The van der Waals surface area contributed by atoms with E-state index in [9.17, 15) is 4.79 Å². The molecule has 0 saturated carbocycles. The van der Waals surface area contributed by atoms with E-state index >= 15 is 0 Å². The summed E-state index contributed by atoms with van der Waals surface area (Å²) < 4.78 is 1.77. The van der Waals surface area contributed by atoms with E-state index in [2.05, 4.69) is 31.3 Å². The van der Waals surface area contributed by atoms with Crippen LogP contribution in [0.1, 0.15) is 10.4 Å². The maximum atomic E-state index is 13.0. The van der Waals surface area contributed by atoms with Gasteiger partial charge in [0, 0.05) is 68.3 Å². The summed E-state index contributed by atoms with van der Waals surface area (Å²) in [6.07, 6.45) is 7.17. The number of nitrogens with zero attached hydrogens (tertiary/aromatic N) is 6. The molecule has 1 amide bonds. The molecule has 0 spiro atoms. The second kappa shape index (κ2) is 9.22. The zero-order valence-electron chi connectivity index (χ0n) is 19.4. The van der Waals surface area contributed by atoms with E-state index in [0.29, 0.717) is 43.4 Å². The maximum Gasteiger partial charge on any atom is 0.257 e. The van der Waals surface area contributed by atoms with Crippen molar-refractivity contribution in [1.82, 2.24) is 24.6 Å². The van der Waals surface area contributed by atoms with Gasteiger partial charge in [0.1, 0.15) is 11.6 Å². The molecule has 35 heavy (non-hydrogen) atoms. The fourth-order valence-electron chi connectivity index (χ4n) is 4.20. The van der Waals surface area contributed by atoms with E-state index in [1.165, 1.54) is 0 Å². The van der Waals surface area contributed by atoms with Crippen molar-refractivity contribution in [3.63, 3.8) is 0 Å². The van der Waals surface area contributed by atoms with Gasteiger partial charge in [-0.05, 0) is 35.2 Å². The molecule has 1 N–H and O–H groups in total. The Kier molecular flexibility index (Phi) is 6.11. The Morgan fingerprint density at radius 2 is 1.74 bits per heavy atom. The highest BCUT2D eigenvalue weighted by molar-refractivity contribution is 6.59. The monoisotopic (exact) mass is 457 g/mol. The molecular formula is C24H22B3N7O. The predicted octanol–water partition coefficient (Wildman–Crippen LogP) is 1.52. The summed E-state index contributed by atoms with van der Waals surface area (Å²) in [7, 11) is 19.3. The molecule has 3 aromatic heterocycles. The lowest BCUT2D eigenvalue weighted by atomic mass is 9.48. The van der Waals surface area contributed by atoms with Crippen LogP contribution in [0.2, 0.25) is 0 Å². The molecule has 1 aliphatic heterocycles. The third kappa shape index (κ3) is 5.10. The Morgan fingerprint density at radius 1 is 0.943 bits per heavy atom. The zero-order chi connectivity index (χ0) is 24.6. The van der Waals surface area contributed by atoms with E-state index < -0.39 is 5.24 Å². The molecule has 8 nitrogen and oxygen atoms in total. The van der Waals surface area contributed by atoms with Crippen LogP contribution < -0.4 is 10.2 Å². The third-order valence-electron chi connectivity index (χ3n) is 6.16. The molecule has 0 bridgehead atoms. The van der Waals surface area contributed by atoms with Crippen molar-refractivity contribution in [2.24, 2.45) is 7.05 Å². The van der Waals surface area contributed by atoms with Crippen molar-refractivity contribution in [3.8, 4) is 11.1 Å². The number of hydrogen-bond donors (Lipinski definition) is 1. The van der Waals surface area contributed by atoms with Crippen molar-refractivity contribution in [1.29, 1.82) is 0 Å². The minimum atomic E-state index is -1.34. The molecule has 5 rings (SSSR count). The molecule has 4 aromatic rings. The fraction of sp³-hybridized carbons (Fsp3) is 0.250. The van der Waals surface area contributed by atoms with Gasteiger partial charge in [-0.1, -0.05) is 17.4 Å². The van der Waals surface area contributed by atoms with Gasteiger partial charge >= 0.3 is 0 Å². The lowest BCUT2D eigenvalue weighted by Gasteiger charge is -2.43. The molecule has 0 atom stereocenters. The summed E-state index contributed by atoms with van der Waals surface area (Å²) in [5.41, 5.74) is 2.57. The average Bonchev–Trinajstić information content (AvgIpc) is 3.29. The Balaban J connectivity index is 1.31. The van der Waals surface area contributed by atoms with Gasteiger partial charge in [0.15, 0.2) is 0 Å². The first-order chi connectivity index (χ1) is 16.8. The number of aromatic nitrogens is 4. The lowest BCUT2D eigenvalue weighted by molar-refractivity contribution is 0.102. The molecule has 168 valence electrons. The second-order valence-corrected chi connectivity index (χ2v) is 8.75. The van der Waals surface area contributed by atoms with Gasteiger partial charge in [-0.25, -0.2) is 9.97 Å². The summed E-state index contributed by atoms with van der Waals surface area (Å²) >= 11 is 0. The van der Waals surface area contributed by atoms with Crippen LogP contribution in [0.15, 0.2) is 61.2 Å². The van der Waals surface area contributed by atoms with Gasteiger partial charge < -0.3 is 15.1 Å². The van der Waals surface area contributed by atoms with Crippen LogP contribution in [-0.4, -0.2) is 85.5 Å². The minimum Gasteiger partial charge on any atom is -0.354 e. The fourth-order valence-corrected chi connectivity index (χ4v) is 4.20. The van der Waals surface area contributed by atoms with Crippen LogP contribution in [0.25, 0.3) is 21.9 Å². The number of benzene rings is 1. The summed E-state index contributed by atoms with van der Waals surface area (Å²) in [6, 6.07) is 11.4. The molecule has 1 aromatic carbocycles. The van der Waals surface area contributed by atoms with Crippen molar-refractivity contribution in [2.45, 2.75) is 5.24 Å². The average molecular weight is 457 g/mol. The zero-order valence-corrected chi connectivity index (χ0v) is 19.4. The number of hydrogen-bond acceptors (Lipinski definition) is 6. The van der Waals surface area contributed by atoms with E-state index in [-0.39, 0.29) is 5.91 Å². The smallest absolute Gasteiger partial charge is 0.257 e. The van der Waals surface area contributed by atoms with Crippen LogP contribution in [-0.2, 0) is 7.05 Å². The summed E-state index contributed by atoms with van der Waals surface area (Å²) in [5.74, 6) is 0.928. The molecule has 0 aliphatic carbocycles. The lowest BCUT2D eigenvalue weighted by Crippen LogP contribution is -2.58. The SMILES string of the molecule is [B]C([B])([B])N1CCN(c2cc(C(=O)Nc3cc4cc(-c5cnn(C)c5)ccc4cn3)ccn2)CC1. The first-order valence-electron chi connectivity index (χ1n) is 11.3. The van der Waals surface area contributed by atoms with E-state index in [0.717, 1.165) is 21.9 Å². The molecule has 11 heteroatoms. The third-order valence-corrected chi connectivity index (χ3v) is 6.16. The molecule has 1 fully saturated rings. The van der Waals surface area contributed by atoms with Gasteiger partial charge in [-0.2, -0.15) is 5.10 Å². The van der Waals surface area contributed by atoms with Crippen LogP contribution in [0.4, 0.5) is 11.6 Å². The number of aryl methyl sites for hydroxylation is 1. The number of rotatable bonds is 5. The largest absolute Gasteiger partial charge is 0.354 e. The molecule has 0 unspecified atom stereocenters. The van der Waals surface area contributed by atoms with Gasteiger partial charge in [0.25, 0.3) is 5.91 Å². The molecule has 4 heterocycles. The van der Waals surface area contributed by atoms with E-state index in [1.807, 2.05) is 42.5 Å². The first-order valence-corrected chi connectivity index (χ1v) is 11.3. The van der Waals surface area contributed by atoms with E-state index in [4.69, 9.17) is 23.5 Å². The summed E-state index contributed by atoms with van der Waals surface area (Å²) in [6.45, 7) is 2.50. The number of nitrogens with one attached hydrogen (secondary N) is 1. The van der Waals surface area contributed by atoms with Gasteiger partial charge in [-0.15, -0.1) is 0 Å². The summed E-state index contributed by atoms with van der Waals surface area (Å²) in [5, 5.41) is 7.75. The van der Waals surface area contributed by atoms with E-state index in [1.54, 1.807) is 29.2 Å². The highest BCUT2D eigenvalue weighted by Crippen LogP contribution is 2.25. The first kappa shape index (κ1) is 23.2. The van der Waals surface area contributed by atoms with Gasteiger partial charge in [0.05, 0.1) is 29.7 Å². The van der Waals surface area contributed by atoms with Gasteiger partial charge in [-0.3, -0.25) is 9.48 Å². The topological polar surface area (TPSA) is 79.2 Å². The van der Waals surface area contributed by atoms with Crippen LogP contribution in [0, 0.1) is 0 Å². The number of anilines is 2. The molecule has 6 radical (unpaired) electrons. The van der Waals surface area contributed by atoms with Crippen LogP contribution in [0.3, 0.4) is 0 Å². The van der Waals surface area contributed by atoms with Crippen LogP contribution in [0.5, 0.6) is 0 Å². The Morgan fingerprint density at radius 3 is 2.46 bits per heavy atom. The highest BCUT2D eigenvalue weighted by Gasteiger charge is 2.25. The van der Waals surface area contributed by atoms with Crippen molar-refractivity contribution >= 4 is 51.9 Å². The van der Waals surface area contributed by atoms with Crippen molar-refractivity contribution in [3.05, 3.63) is 66.7 Å². The standard InChI is InChI=1S/C24H22B3N7O/c1-32-15-20(14-30-32)16-2-3-18-13-29-21(11-19(18)10-16)31-23(35)17-4-5-28-22(12-17)33-6-8-34(9-7-33)24(25,26)27/h2-5,10-15H,6-9H2,1H3,(H,29,31,35). The normalized spacial score (nSPS) is 14.8. The molecule has 1 aliphatic rings. The maximum absolute atomic E-state index is 13.0. The minimum absolute atomic E-state index is 0.257. The Hall–Kier alpha value is -3.59. The highest BCUT2D eigenvalue weighted by atomic mass is 16.1. The Labute approximate surface area is 208 Å². The number of carbonyl (C=O) groups excluding carboxylic acids is 1.